The Morgan fingerprint density at radius 1 is 1.10 bits per heavy atom. The number of ether oxygens (including phenoxy) is 3. The second-order valence-corrected chi connectivity index (χ2v) is 7.84. The van der Waals surface area contributed by atoms with E-state index in [1.54, 1.807) is 36.2 Å². The minimum Gasteiger partial charge on any atom is -0.493 e. The second-order valence-electron chi connectivity index (χ2n) is 7.03. The maximum Gasteiger partial charge on any atom is 0.253 e. The summed E-state index contributed by atoms with van der Waals surface area (Å²) in [6, 6.07) is 8.71. The van der Waals surface area contributed by atoms with E-state index in [9.17, 15) is 4.79 Å². The summed E-state index contributed by atoms with van der Waals surface area (Å²) in [4.78, 5) is 14.9. The fourth-order valence-electron chi connectivity index (χ4n) is 3.54. The maximum atomic E-state index is 13.3. The van der Waals surface area contributed by atoms with Gasteiger partial charge in [-0.15, -0.1) is 6.58 Å². The van der Waals surface area contributed by atoms with E-state index in [1.807, 2.05) is 19.2 Å². The molecule has 0 spiro atoms. The Bertz CT molecular complexity index is 926. The lowest BCUT2D eigenvalue weighted by molar-refractivity contribution is 0.0744. The SMILES string of the molecule is C=CCC(CN(C)C(=O)c1cc(OC)c(OC)c(OC)c1)(NC)c1ccc(Cl)c(Cl)c1. The zero-order chi connectivity index (χ0) is 23.2. The Kier molecular flexibility index (Phi) is 8.62. The molecule has 1 unspecified atom stereocenters. The molecule has 2 rings (SSSR count). The number of nitrogens with zero attached hydrogens (tertiary/aromatic N) is 1. The molecule has 2 aromatic carbocycles. The largest absolute Gasteiger partial charge is 0.493 e. The Morgan fingerprint density at radius 3 is 2.16 bits per heavy atom. The number of rotatable bonds is 10. The molecule has 0 heterocycles. The van der Waals surface area contributed by atoms with Crippen molar-refractivity contribution in [3.63, 3.8) is 0 Å². The number of hydrogen-bond donors (Lipinski definition) is 1. The lowest BCUT2D eigenvalue weighted by Gasteiger charge is -2.37. The van der Waals surface area contributed by atoms with Gasteiger partial charge in [-0.25, -0.2) is 0 Å². The minimum absolute atomic E-state index is 0.206. The van der Waals surface area contributed by atoms with Crippen molar-refractivity contribution in [2.75, 3.05) is 42.0 Å². The molecule has 6 nitrogen and oxygen atoms in total. The molecule has 1 amide bonds. The number of benzene rings is 2. The van der Waals surface area contributed by atoms with Gasteiger partial charge in [-0.05, 0) is 43.3 Å². The number of carbonyl (C=O) groups is 1. The molecule has 0 aromatic heterocycles. The summed E-state index contributed by atoms with van der Waals surface area (Å²) in [5.41, 5.74) is 0.699. The quantitative estimate of drug-likeness (QED) is 0.510. The molecule has 0 fully saturated rings. The molecular formula is C23H28Cl2N2O4. The van der Waals surface area contributed by atoms with E-state index in [2.05, 4.69) is 11.9 Å². The molecule has 0 saturated carbocycles. The minimum atomic E-state index is -0.610. The molecule has 1 atom stereocenters. The van der Waals surface area contributed by atoms with Gasteiger partial charge in [0, 0.05) is 19.2 Å². The molecule has 0 aliphatic carbocycles. The molecular weight excluding hydrogens is 439 g/mol. The van der Waals surface area contributed by atoms with Crippen molar-refractivity contribution in [3.8, 4) is 17.2 Å². The van der Waals surface area contributed by atoms with Crippen molar-refractivity contribution < 1.29 is 19.0 Å². The standard InChI is InChI=1S/C23H28Cl2N2O4/c1-7-10-23(26-2,16-8-9-17(24)18(25)13-16)14-27(3)22(28)15-11-19(29-4)21(31-6)20(12-15)30-5/h7-9,11-13,26H,1,10,14H2,2-6H3. The Labute approximate surface area is 193 Å². The van der Waals surface area contributed by atoms with Crippen molar-refractivity contribution >= 4 is 29.1 Å². The fourth-order valence-corrected chi connectivity index (χ4v) is 3.84. The van der Waals surface area contributed by atoms with Crippen LogP contribution in [0.15, 0.2) is 43.0 Å². The van der Waals surface area contributed by atoms with Crippen molar-refractivity contribution in [3.05, 3.63) is 64.2 Å². The van der Waals surface area contributed by atoms with Crippen LogP contribution < -0.4 is 19.5 Å². The fraction of sp³-hybridized carbons (Fsp3) is 0.348. The highest BCUT2D eigenvalue weighted by atomic mass is 35.5. The molecule has 0 aliphatic heterocycles. The van der Waals surface area contributed by atoms with E-state index in [0.29, 0.717) is 45.8 Å². The van der Waals surface area contributed by atoms with Crippen LogP contribution in [0.1, 0.15) is 22.3 Å². The number of halogens is 2. The van der Waals surface area contributed by atoms with Crippen LogP contribution in [0.4, 0.5) is 0 Å². The van der Waals surface area contributed by atoms with Crippen LogP contribution in [-0.4, -0.2) is 52.8 Å². The van der Waals surface area contributed by atoms with Crippen LogP contribution in [0.3, 0.4) is 0 Å². The van der Waals surface area contributed by atoms with Crippen LogP contribution >= 0.6 is 23.2 Å². The summed E-state index contributed by atoms with van der Waals surface area (Å²) in [5, 5.41) is 4.26. The van der Waals surface area contributed by atoms with Gasteiger partial charge in [-0.3, -0.25) is 4.79 Å². The lowest BCUT2D eigenvalue weighted by atomic mass is 9.86. The Hall–Kier alpha value is -2.41. The van der Waals surface area contributed by atoms with Gasteiger partial charge < -0.3 is 24.4 Å². The van der Waals surface area contributed by atoms with E-state index in [4.69, 9.17) is 37.4 Å². The zero-order valence-electron chi connectivity index (χ0n) is 18.4. The van der Waals surface area contributed by atoms with Crippen molar-refractivity contribution in [1.29, 1.82) is 0 Å². The highest BCUT2D eigenvalue weighted by Crippen LogP contribution is 2.39. The summed E-state index contributed by atoms with van der Waals surface area (Å²) in [6.45, 7) is 4.23. The highest BCUT2D eigenvalue weighted by Gasteiger charge is 2.33. The van der Waals surface area contributed by atoms with Gasteiger partial charge in [0.15, 0.2) is 11.5 Å². The zero-order valence-corrected chi connectivity index (χ0v) is 19.9. The van der Waals surface area contributed by atoms with Crippen molar-refractivity contribution in [2.45, 2.75) is 12.0 Å². The second kappa shape index (κ2) is 10.8. The first kappa shape index (κ1) is 24.9. The molecule has 31 heavy (non-hydrogen) atoms. The van der Waals surface area contributed by atoms with E-state index in [1.165, 1.54) is 21.3 Å². The van der Waals surface area contributed by atoms with Crippen molar-refractivity contribution in [1.82, 2.24) is 10.2 Å². The van der Waals surface area contributed by atoms with Gasteiger partial charge >= 0.3 is 0 Å². The Morgan fingerprint density at radius 2 is 1.71 bits per heavy atom. The van der Waals surface area contributed by atoms with E-state index >= 15 is 0 Å². The average molecular weight is 467 g/mol. The van der Waals surface area contributed by atoms with Gasteiger partial charge in [-0.2, -0.15) is 0 Å². The van der Waals surface area contributed by atoms with E-state index in [-0.39, 0.29) is 5.91 Å². The first-order chi connectivity index (χ1) is 14.8. The maximum absolute atomic E-state index is 13.3. The van der Waals surface area contributed by atoms with Crippen LogP contribution in [0.2, 0.25) is 10.0 Å². The van der Waals surface area contributed by atoms with Gasteiger partial charge in [0.25, 0.3) is 5.91 Å². The smallest absolute Gasteiger partial charge is 0.253 e. The average Bonchev–Trinajstić information content (AvgIpc) is 2.78. The van der Waals surface area contributed by atoms with Crippen LogP contribution in [-0.2, 0) is 5.54 Å². The molecule has 0 radical (unpaired) electrons. The third-order valence-electron chi connectivity index (χ3n) is 5.21. The molecule has 8 heteroatoms. The number of methoxy groups -OCH3 is 3. The third-order valence-corrected chi connectivity index (χ3v) is 5.95. The number of likely N-dealkylation sites (N-methyl/N-ethyl adjacent to an activating group) is 2. The topological polar surface area (TPSA) is 60.0 Å². The van der Waals surface area contributed by atoms with Gasteiger partial charge in [0.05, 0.1) is 36.9 Å². The van der Waals surface area contributed by atoms with Crippen LogP contribution in [0.5, 0.6) is 17.2 Å². The molecule has 0 aliphatic rings. The Balaban J connectivity index is 2.43. The number of amides is 1. The van der Waals surface area contributed by atoms with Gasteiger partial charge in [-0.1, -0.05) is 35.3 Å². The third kappa shape index (κ3) is 5.26. The predicted molar refractivity (Wildman–Crippen MR) is 125 cm³/mol. The lowest BCUT2D eigenvalue weighted by Crippen LogP contribution is -2.50. The molecule has 0 bridgehead atoms. The molecule has 1 N–H and O–H groups in total. The summed E-state index contributed by atoms with van der Waals surface area (Å²) < 4.78 is 16.1. The first-order valence-electron chi connectivity index (χ1n) is 9.57. The summed E-state index contributed by atoms with van der Waals surface area (Å²) in [6.07, 6.45) is 2.37. The van der Waals surface area contributed by atoms with Crippen molar-refractivity contribution in [2.24, 2.45) is 0 Å². The first-order valence-corrected chi connectivity index (χ1v) is 10.3. The number of carbonyl (C=O) groups excluding carboxylic acids is 1. The van der Waals surface area contributed by atoms with E-state index < -0.39 is 5.54 Å². The number of nitrogens with one attached hydrogen (secondary N) is 1. The molecule has 2 aromatic rings. The van der Waals surface area contributed by atoms with Crippen LogP contribution in [0.25, 0.3) is 0 Å². The van der Waals surface area contributed by atoms with Gasteiger partial charge in [0.1, 0.15) is 0 Å². The number of hydrogen-bond acceptors (Lipinski definition) is 5. The van der Waals surface area contributed by atoms with E-state index in [0.717, 1.165) is 5.56 Å². The normalized spacial score (nSPS) is 12.6. The molecule has 168 valence electrons. The predicted octanol–water partition coefficient (Wildman–Crippen LogP) is 4.78. The summed E-state index contributed by atoms with van der Waals surface area (Å²) in [5.74, 6) is 1.04. The summed E-state index contributed by atoms with van der Waals surface area (Å²) in [7, 11) is 8.11. The molecule has 0 saturated heterocycles. The highest BCUT2D eigenvalue weighted by molar-refractivity contribution is 6.42. The van der Waals surface area contributed by atoms with Gasteiger partial charge in [0.2, 0.25) is 5.75 Å². The van der Waals surface area contributed by atoms with Crippen LogP contribution in [0, 0.1) is 0 Å². The monoisotopic (exact) mass is 466 g/mol. The summed E-state index contributed by atoms with van der Waals surface area (Å²) >= 11 is 12.4.